The third kappa shape index (κ3) is 29.3. The van der Waals surface area contributed by atoms with Gasteiger partial charge < -0.3 is 55.6 Å². The molecule has 3 aliphatic rings. The standard InChI is InChI=1S/C25H27F5N4O6S.C25H26F5N3O5S.C23H22F5N3O5S/c1-24(15-4-7-21(33-11-15)39-9-3-8-25(28,29)30)10-17(19-6-5-16(12-31-19)40-23(26)27)18(22(36)34-24)13-32-20(35)14-41(2,37)38;1-24(15-4-6-16(7-5-15)37-14-25(28,29)30)10-18(20-9-8-17(11-31-20)38-23(26)27)19(22(35)33-24)12-32-21(34)13-39(2,3)36;1-22(13-3-5-14(6-4-13)23(26,27)28)9-16(18-8-7-15(10-29-18)36-21(24)25)17(20(33)31-22)11-30-19(32)12-37(2,34)35/h4-7,11-12,23H,3,8-10,13-14H2,1-2H3,(H,32,35)(H,34,36);4-9,11,23H,2,10,12-14H2,1,3H3,(H,32,34)(H,33,35);3-8,10,21H,9,11-12H2,1-2H3,(H,30,32)(H,31,33)/t24-;24-,39?;22-/m000/s1. The van der Waals surface area contributed by atoms with Gasteiger partial charge in [-0.2, -0.15) is 65.9 Å². The lowest BCUT2D eigenvalue weighted by molar-refractivity contribution is -0.153. The molecule has 44 heteroatoms. The van der Waals surface area contributed by atoms with Gasteiger partial charge in [-0.05, 0) is 143 Å². The van der Waals surface area contributed by atoms with E-state index in [1.165, 1.54) is 91.3 Å². The van der Waals surface area contributed by atoms with Gasteiger partial charge in [0.25, 0.3) is 0 Å². The van der Waals surface area contributed by atoms with Gasteiger partial charge in [-0.25, -0.2) is 21.8 Å². The van der Waals surface area contributed by atoms with Crippen molar-refractivity contribution in [3.8, 4) is 28.9 Å². The quantitative estimate of drug-likeness (QED) is 0.0139. The predicted octanol–water partition coefficient (Wildman–Crippen LogP) is 9.48. The van der Waals surface area contributed by atoms with Crippen LogP contribution in [0, 0.1) is 0 Å². The van der Waals surface area contributed by atoms with Crippen LogP contribution in [0.25, 0.3) is 16.7 Å². The molecule has 2 aromatic carbocycles. The maximum Gasteiger partial charge on any atom is 0.422 e. The molecule has 1 unspecified atom stereocenters. The SMILES string of the molecule is C=S(C)(=O)CC(=O)NCC1=C(c2ccc(OC(F)F)cn2)C[C@@](C)(c2ccc(OCC(F)(F)F)cc2)NC1=O.C[C@@]1(c2ccc(C(F)(F)F)cc2)CC(c2ccc(OC(F)F)cn2)=C(CNC(=O)CS(C)(=O)=O)C(=O)N1.C[C@@]1(c2ccc(OCCCC(F)(F)F)nc2)CC(c2ccc(OC(F)F)cn2)=C(CNC(=O)CS(C)(=O)=O)C(=O)N1. The van der Waals surface area contributed by atoms with Crippen LogP contribution in [-0.2, 0) is 80.8 Å². The second-order valence-corrected chi connectivity index (χ2v) is 34.2. The smallest absolute Gasteiger partial charge is 0.422 e. The number of benzene rings is 2. The molecule has 117 heavy (non-hydrogen) atoms. The summed E-state index contributed by atoms with van der Waals surface area (Å²) >= 11 is 0. The monoisotopic (exact) mass is 1730 g/mol. The van der Waals surface area contributed by atoms with Crippen molar-refractivity contribution in [1.82, 2.24) is 51.8 Å². The summed E-state index contributed by atoms with van der Waals surface area (Å²) in [5.74, 6) is -3.25. The Kier molecular flexibility index (Phi) is 30.5. The largest absolute Gasteiger partial charge is 0.484 e. The number of nitrogens with zero attached hydrogens (tertiary/aromatic N) is 4. The zero-order valence-corrected chi connectivity index (χ0v) is 64.8. The van der Waals surface area contributed by atoms with E-state index in [0.29, 0.717) is 27.8 Å². The van der Waals surface area contributed by atoms with Crippen molar-refractivity contribution in [3.63, 3.8) is 0 Å². The van der Waals surface area contributed by atoms with Gasteiger partial charge in [-0.1, -0.05) is 24.3 Å². The second-order valence-electron chi connectivity index (χ2n) is 27.3. The summed E-state index contributed by atoms with van der Waals surface area (Å²) in [7, 11) is -9.89. The summed E-state index contributed by atoms with van der Waals surface area (Å²) < 4.78 is 269. The maximum atomic E-state index is 13.3. The Labute approximate surface area is 659 Å². The number of hydrogen-bond donors (Lipinski definition) is 6. The van der Waals surface area contributed by atoms with Crippen LogP contribution in [0.2, 0.25) is 0 Å². The molecule has 6 N–H and O–H groups in total. The minimum atomic E-state index is -4.55. The van der Waals surface area contributed by atoms with E-state index < -0.39 is 150 Å². The lowest BCUT2D eigenvalue weighted by Gasteiger charge is -2.37. The van der Waals surface area contributed by atoms with Crippen molar-refractivity contribution in [1.29, 1.82) is 0 Å². The minimum Gasteiger partial charge on any atom is -0.484 e. The fourth-order valence-corrected chi connectivity index (χ4v) is 13.5. The highest BCUT2D eigenvalue weighted by Gasteiger charge is 2.43. The van der Waals surface area contributed by atoms with E-state index in [-0.39, 0.29) is 126 Å². The molecule has 9 rings (SSSR count). The van der Waals surface area contributed by atoms with E-state index in [1.807, 2.05) is 0 Å². The number of rotatable bonds is 30. The summed E-state index contributed by atoms with van der Waals surface area (Å²) in [6.07, 6.45) is -6.78. The molecule has 0 spiro atoms. The van der Waals surface area contributed by atoms with E-state index >= 15 is 0 Å². The number of aromatic nitrogens is 4. The van der Waals surface area contributed by atoms with Crippen molar-refractivity contribution in [2.45, 2.75) is 108 Å². The van der Waals surface area contributed by atoms with E-state index in [1.54, 1.807) is 26.8 Å². The Hall–Kier alpha value is -11.1. The van der Waals surface area contributed by atoms with Crippen molar-refractivity contribution in [2.24, 2.45) is 0 Å². The molecule has 0 saturated heterocycles. The highest BCUT2D eigenvalue weighted by molar-refractivity contribution is 8.00. The first-order chi connectivity index (χ1) is 54.2. The van der Waals surface area contributed by atoms with Crippen LogP contribution in [0.15, 0.2) is 139 Å². The molecule has 0 radical (unpaired) electrons. The number of sulfone groups is 2. The molecule has 0 saturated carbocycles. The third-order valence-electron chi connectivity index (χ3n) is 17.1. The number of carbonyl (C=O) groups is 6. The van der Waals surface area contributed by atoms with Crippen molar-refractivity contribution in [2.75, 3.05) is 68.9 Å². The number of carbonyl (C=O) groups excluding carboxylic acids is 6. The normalized spacial score (nSPS) is 18.5. The Bertz CT molecular complexity index is 5030. The van der Waals surface area contributed by atoms with Crippen molar-refractivity contribution < 1.29 is 139 Å². The Morgan fingerprint density at radius 3 is 1.10 bits per heavy atom. The summed E-state index contributed by atoms with van der Waals surface area (Å²) in [4.78, 5) is 92.5. The zero-order chi connectivity index (χ0) is 87.0. The molecule has 0 bridgehead atoms. The average Bonchev–Trinajstić information content (AvgIpc) is 0.774. The third-order valence-corrected chi connectivity index (χ3v) is 19.5. The first-order valence-corrected chi connectivity index (χ1v) is 40.6. The van der Waals surface area contributed by atoms with E-state index in [4.69, 9.17) is 9.47 Å². The van der Waals surface area contributed by atoms with Crippen molar-refractivity contribution in [3.05, 3.63) is 178 Å². The summed E-state index contributed by atoms with van der Waals surface area (Å²) in [5.41, 5.74) is -0.976. The molecular formula is C73H75F15N10O16S3. The summed E-state index contributed by atoms with van der Waals surface area (Å²) in [6.45, 7) is -6.89. The molecule has 6 amide bonds. The van der Waals surface area contributed by atoms with Gasteiger partial charge in [0.1, 0.15) is 34.5 Å². The lowest BCUT2D eigenvalue weighted by Crippen LogP contribution is -2.49. The van der Waals surface area contributed by atoms with Gasteiger partial charge in [-0.3, -0.25) is 47.9 Å². The fraction of sp³-hybridized carbons (Fsp3) is 0.384. The van der Waals surface area contributed by atoms with E-state index in [2.05, 4.69) is 71.9 Å². The maximum absolute atomic E-state index is 13.3. The van der Waals surface area contributed by atoms with E-state index in [9.17, 15) is 116 Å². The molecule has 4 atom stereocenters. The number of halogens is 15. The van der Waals surface area contributed by atoms with Crippen LogP contribution in [0.1, 0.15) is 92.2 Å². The van der Waals surface area contributed by atoms with Crippen LogP contribution in [-0.4, -0.2) is 183 Å². The Morgan fingerprint density at radius 1 is 0.462 bits per heavy atom. The van der Waals surface area contributed by atoms with Crippen LogP contribution < -0.4 is 55.6 Å². The van der Waals surface area contributed by atoms with Crippen LogP contribution in [0.5, 0.6) is 28.9 Å². The highest BCUT2D eigenvalue weighted by atomic mass is 32.2. The number of nitrogens with one attached hydrogen (secondary N) is 6. The molecular weight excluding hydrogens is 1650 g/mol. The molecule has 7 heterocycles. The van der Waals surface area contributed by atoms with Gasteiger partial charge in [0.15, 0.2) is 26.3 Å². The number of alkyl halides is 15. The van der Waals surface area contributed by atoms with Gasteiger partial charge in [0, 0.05) is 93.1 Å². The summed E-state index contributed by atoms with van der Waals surface area (Å²) in [5, 5.41) is 15.7. The average molecular weight is 1730 g/mol. The van der Waals surface area contributed by atoms with Crippen LogP contribution in [0.4, 0.5) is 65.9 Å². The summed E-state index contributed by atoms with van der Waals surface area (Å²) in [6, 6.07) is 20.7. The number of pyridine rings is 4. The van der Waals surface area contributed by atoms with E-state index in [0.717, 1.165) is 43.2 Å². The molecule has 4 aromatic heterocycles. The van der Waals surface area contributed by atoms with Crippen molar-refractivity contribution >= 4 is 87.2 Å². The van der Waals surface area contributed by atoms with Gasteiger partial charge in [0.2, 0.25) is 41.3 Å². The fourth-order valence-electron chi connectivity index (χ4n) is 11.7. The number of hydrogen-bond acceptors (Lipinski definition) is 20. The first-order valence-electron chi connectivity index (χ1n) is 34.1. The predicted molar refractivity (Wildman–Crippen MR) is 393 cm³/mol. The number of amides is 6. The number of ether oxygens (including phenoxy) is 5. The van der Waals surface area contributed by atoms with Crippen LogP contribution >= 0.6 is 0 Å². The zero-order valence-electron chi connectivity index (χ0n) is 62.4. The van der Waals surface area contributed by atoms with Gasteiger partial charge >= 0.3 is 38.4 Å². The molecule has 0 aliphatic carbocycles. The lowest BCUT2D eigenvalue weighted by atomic mass is 9.79. The second kappa shape index (κ2) is 38.4. The molecule has 3 aliphatic heterocycles. The topological polar surface area (TPSA) is 358 Å². The minimum absolute atomic E-state index is 0.00341. The first kappa shape index (κ1) is 93.1. The Balaban J connectivity index is 0.000000243. The van der Waals surface area contributed by atoms with Gasteiger partial charge in [0.05, 0.1) is 70.2 Å². The van der Waals surface area contributed by atoms with Crippen LogP contribution in [0.3, 0.4) is 0 Å². The molecule has 0 fully saturated rings. The van der Waals surface area contributed by atoms with Gasteiger partial charge in [-0.15, -0.1) is 0 Å². The molecule has 6 aromatic rings. The highest BCUT2D eigenvalue weighted by Crippen LogP contribution is 2.43. The molecule has 636 valence electrons. The molecule has 26 nitrogen and oxygen atoms in total. The Morgan fingerprint density at radius 2 is 0.803 bits per heavy atom.